The van der Waals surface area contributed by atoms with Gasteiger partial charge in [0.2, 0.25) is 0 Å². The fourth-order valence-corrected chi connectivity index (χ4v) is 5.21. The van der Waals surface area contributed by atoms with E-state index in [2.05, 4.69) is 152 Å². The van der Waals surface area contributed by atoms with Crippen LogP contribution in [0.4, 0.5) is 17.1 Å². The fraction of sp³-hybridized carbons (Fsp3) is 0.189. The number of hydrogen-bond acceptors (Lipinski definition) is 3. The smallest absolute Gasteiger partial charge is 0.199 e. The number of fused-ring (bicyclic) bond motifs is 1. The summed E-state index contributed by atoms with van der Waals surface area (Å²) < 4.78 is 2.09. The molecule has 0 atom stereocenters. The van der Waals surface area contributed by atoms with Gasteiger partial charge in [-0.3, -0.25) is 0 Å². The molecule has 0 amide bonds. The van der Waals surface area contributed by atoms with Crippen molar-refractivity contribution in [3.8, 4) is 0 Å². The maximum atomic E-state index is 6.29. The number of nitrogens with zero attached hydrogens (tertiary/aromatic N) is 4. The molecule has 4 aromatic carbocycles. The van der Waals surface area contributed by atoms with Crippen LogP contribution in [-0.2, 0) is 5.88 Å². The van der Waals surface area contributed by atoms with Gasteiger partial charge in [0.05, 0.1) is 11.4 Å². The third kappa shape index (κ3) is 6.40. The van der Waals surface area contributed by atoms with E-state index in [4.69, 9.17) is 16.6 Å². The Kier molecular flexibility index (Phi) is 8.75. The molecule has 0 saturated heterocycles. The van der Waals surface area contributed by atoms with E-state index >= 15 is 0 Å². The lowest BCUT2D eigenvalue weighted by atomic mass is 9.93. The van der Waals surface area contributed by atoms with E-state index in [0.717, 1.165) is 44.6 Å². The normalized spacial score (nSPS) is 12.5. The van der Waals surface area contributed by atoms with Crippen LogP contribution in [0.15, 0.2) is 108 Å². The molecule has 0 bridgehead atoms. The molecule has 0 spiro atoms. The summed E-state index contributed by atoms with van der Waals surface area (Å²) in [5.41, 5.74) is 11.0. The van der Waals surface area contributed by atoms with Gasteiger partial charge >= 0.3 is 0 Å². The van der Waals surface area contributed by atoms with E-state index in [1.165, 1.54) is 22.5 Å². The fourth-order valence-electron chi connectivity index (χ4n) is 5.04. The average molecular weight is 574 g/mol. The number of anilines is 2. The van der Waals surface area contributed by atoms with Crippen molar-refractivity contribution in [3.05, 3.63) is 125 Å². The van der Waals surface area contributed by atoms with Crippen LogP contribution in [0.25, 0.3) is 22.4 Å². The highest BCUT2D eigenvalue weighted by molar-refractivity contribution is 6.19. The van der Waals surface area contributed by atoms with Crippen LogP contribution in [0.1, 0.15) is 22.3 Å². The van der Waals surface area contributed by atoms with E-state index in [9.17, 15) is 0 Å². The Morgan fingerprint density at radius 3 is 1.79 bits per heavy atom. The van der Waals surface area contributed by atoms with Gasteiger partial charge in [-0.05, 0) is 87.8 Å². The maximum absolute atomic E-state index is 6.29. The predicted molar refractivity (Wildman–Crippen MR) is 185 cm³/mol. The Balaban J connectivity index is 1.66. The Morgan fingerprint density at radius 2 is 1.29 bits per heavy atom. The molecule has 42 heavy (non-hydrogen) atoms. The van der Waals surface area contributed by atoms with Crippen LogP contribution in [0.3, 0.4) is 0 Å². The van der Waals surface area contributed by atoms with E-state index in [0.29, 0.717) is 5.88 Å². The molecule has 0 N–H and O–H groups in total. The zero-order valence-electron chi connectivity index (χ0n) is 25.3. The highest BCUT2D eigenvalue weighted by Gasteiger charge is 2.12. The molecule has 0 saturated carbocycles. The number of hydrogen-bond donors (Lipinski definition) is 0. The third-order valence-electron chi connectivity index (χ3n) is 7.55. The van der Waals surface area contributed by atoms with Crippen molar-refractivity contribution >= 4 is 62.5 Å². The summed E-state index contributed by atoms with van der Waals surface area (Å²) in [7, 11) is 12.3. The highest BCUT2D eigenvalue weighted by atomic mass is 35.5. The van der Waals surface area contributed by atoms with Gasteiger partial charge in [-0.2, -0.15) is 0 Å². The second-order valence-corrected chi connectivity index (χ2v) is 11.4. The first-order valence-electron chi connectivity index (χ1n) is 14.1. The predicted octanol–water partition coefficient (Wildman–Crippen LogP) is 8.21. The van der Waals surface area contributed by atoms with E-state index in [-0.39, 0.29) is 0 Å². The Hall–Kier alpha value is -4.41. The first-order chi connectivity index (χ1) is 20.2. The number of benzene rings is 4. The molecule has 0 radical (unpaired) electrons. The molecule has 5 rings (SSSR count). The minimum absolute atomic E-state index is 0.453. The van der Waals surface area contributed by atoms with Gasteiger partial charge in [0.15, 0.2) is 5.71 Å². The molecule has 212 valence electrons. The monoisotopic (exact) mass is 573 g/mol. The second-order valence-electron chi connectivity index (χ2n) is 11.2. The number of rotatable bonds is 7. The molecule has 0 heterocycles. The Morgan fingerprint density at radius 1 is 0.714 bits per heavy atom. The van der Waals surface area contributed by atoms with Gasteiger partial charge in [-0.1, -0.05) is 42.5 Å². The quantitative estimate of drug-likeness (QED) is 0.0961. The van der Waals surface area contributed by atoms with Gasteiger partial charge in [-0.25, -0.2) is 9.57 Å². The first-order valence-corrected chi connectivity index (χ1v) is 14.6. The van der Waals surface area contributed by atoms with Crippen LogP contribution >= 0.6 is 11.6 Å². The van der Waals surface area contributed by atoms with Crippen LogP contribution in [-0.4, -0.2) is 58.3 Å². The summed E-state index contributed by atoms with van der Waals surface area (Å²) in [6, 6.07) is 28.3. The van der Waals surface area contributed by atoms with E-state index < -0.39 is 0 Å². The van der Waals surface area contributed by atoms with Crippen molar-refractivity contribution in [2.45, 2.75) is 5.88 Å². The van der Waals surface area contributed by atoms with Gasteiger partial charge in [0.25, 0.3) is 0 Å². The van der Waals surface area contributed by atoms with Crippen molar-refractivity contribution in [2.75, 3.05) is 52.1 Å². The van der Waals surface area contributed by atoms with Crippen molar-refractivity contribution in [1.82, 2.24) is 0 Å². The maximum Gasteiger partial charge on any atom is 0.199 e. The molecule has 1 aliphatic rings. The SMILES string of the molecule is CN(C)c1ccc(C(=Cc2ccc(N=C3C=CC(=[N+](C)C)C=C3)c3cc(CCl)ccc23)c2ccc(N(C)C)cc2)cc1. The summed E-state index contributed by atoms with van der Waals surface area (Å²) in [5.74, 6) is 0.453. The molecule has 0 unspecified atom stereocenters. The van der Waals surface area contributed by atoms with Crippen LogP contribution < -0.4 is 9.80 Å². The van der Waals surface area contributed by atoms with Gasteiger partial charge in [0.1, 0.15) is 14.1 Å². The Bertz CT molecular complexity index is 1680. The van der Waals surface area contributed by atoms with Crippen molar-refractivity contribution in [2.24, 2.45) is 4.99 Å². The molecule has 1 aliphatic carbocycles. The molecule has 0 aliphatic heterocycles. The minimum atomic E-state index is 0.453. The number of alkyl halides is 1. The number of halogens is 1. The number of allylic oxidation sites excluding steroid dienone is 4. The van der Waals surface area contributed by atoms with Crippen LogP contribution in [0, 0.1) is 0 Å². The summed E-state index contributed by atoms with van der Waals surface area (Å²) in [5, 5.41) is 2.23. The largest absolute Gasteiger partial charge is 0.378 e. The van der Waals surface area contributed by atoms with Gasteiger partial charge in [-0.15, -0.1) is 11.6 Å². The highest BCUT2D eigenvalue weighted by Crippen LogP contribution is 2.35. The molecular weight excluding hydrogens is 536 g/mol. The molecule has 4 nitrogen and oxygen atoms in total. The average Bonchev–Trinajstić information content (AvgIpc) is 3.00. The molecular formula is C37H38ClN4+. The second kappa shape index (κ2) is 12.6. The standard InChI is InChI=1S/C37H38ClN4/c1-40(2)31-15-8-27(9-16-31)35(28-10-17-32(18-11-28)41(3)4)24-29-12-22-37(36-23-26(25-38)7-21-34(29)36)39-30-13-19-33(20-14-30)42(5)6/h7-24H,25H2,1-6H3/q+1. The molecule has 5 heteroatoms. The van der Waals surface area contributed by atoms with E-state index in [1.54, 1.807) is 0 Å². The lowest BCUT2D eigenvalue weighted by molar-refractivity contribution is -0.462. The summed E-state index contributed by atoms with van der Waals surface area (Å²) >= 11 is 6.29. The topological polar surface area (TPSA) is 21.9 Å². The van der Waals surface area contributed by atoms with Crippen molar-refractivity contribution in [3.63, 3.8) is 0 Å². The summed E-state index contributed by atoms with van der Waals surface area (Å²) in [4.78, 5) is 9.29. The number of aliphatic imine (C=N–C) groups is 1. The van der Waals surface area contributed by atoms with Crippen molar-refractivity contribution < 1.29 is 4.58 Å². The summed E-state index contributed by atoms with van der Waals surface area (Å²) in [6.45, 7) is 0. The summed E-state index contributed by atoms with van der Waals surface area (Å²) in [6.07, 6.45) is 10.6. The Labute approximate surface area is 254 Å². The van der Waals surface area contributed by atoms with Crippen LogP contribution in [0.2, 0.25) is 0 Å². The zero-order valence-corrected chi connectivity index (χ0v) is 26.0. The first kappa shape index (κ1) is 29.1. The zero-order chi connectivity index (χ0) is 29.8. The lowest BCUT2D eigenvalue weighted by Gasteiger charge is -2.17. The lowest BCUT2D eigenvalue weighted by Crippen LogP contribution is -2.11. The molecule has 4 aromatic rings. The minimum Gasteiger partial charge on any atom is -0.378 e. The third-order valence-corrected chi connectivity index (χ3v) is 7.86. The van der Waals surface area contributed by atoms with Gasteiger partial charge < -0.3 is 9.80 Å². The van der Waals surface area contributed by atoms with E-state index in [1.807, 2.05) is 14.1 Å². The van der Waals surface area contributed by atoms with Gasteiger partial charge in [0, 0.05) is 63.0 Å². The molecule has 0 aromatic heterocycles. The van der Waals surface area contributed by atoms with Crippen LogP contribution in [0.5, 0.6) is 0 Å². The van der Waals surface area contributed by atoms with Crippen molar-refractivity contribution in [1.29, 1.82) is 0 Å². The molecule has 0 fully saturated rings.